The van der Waals surface area contributed by atoms with Crippen molar-refractivity contribution < 1.29 is 4.79 Å². The number of ketones is 1. The quantitative estimate of drug-likeness (QED) is 0.619. The second-order valence-electron chi connectivity index (χ2n) is 3.21. The number of benzene rings is 1. The van der Waals surface area contributed by atoms with Gasteiger partial charge in [0.2, 0.25) is 0 Å². The smallest absolute Gasteiger partial charge is 0.168 e. The number of hydrogen-bond acceptors (Lipinski definition) is 2. The van der Waals surface area contributed by atoms with Gasteiger partial charge in [-0.05, 0) is 51.0 Å². The second kappa shape index (κ2) is 4.90. The van der Waals surface area contributed by atoms with E-state index < -0.39 is 0 Å². The average Bonchev–Trinajstić information content (AvgIpc) is 2.71. The van der Waals surface area contributed by atoms with Crippen LogP contribution in [0.1, 0.15) is 15.9 Å². The normalized spacial score (nSPS) is 10.2. The fraction of sp³-hybridized carbons (Fsp3) is 0.0833. The molecular formula is C12H9IOS. The maximum absolute atomic E-state index is 11.9. The fourth-order valence-electron chi connectivity index (χ4n) is 1.36. The molecule has 2 aromatic rings. The van der Waals surface area contributed by atoms with Crippen molar-refractivity contribution in [3.8, 4) is 0 Å². The lowest BCUT2D eigenvalue weighted by Crippen LogP contribution is -2.04. The minimum absolute atomic E-state index is 0.193. The van der Waals surface area contributed by atoms with Crippen LogP contribution in [0.3, 0.4) is 0 Å². The molecule has 0 bridgehead atoms. The van der Waals surface area contributed by atoms with Gasteiger partial charge in [-0.25, -0.2) is 0 Å². The van der Waals surface area contributed by atoms with E-state index in [1.807, 2.05) is 41.1 Å². The first-order valence-electron chi connectivity index (χ1n) is 4.56. The summed E-state index contributed by atoms with van der Waals surface area (Å²) in [5.41, 5.74) is 1.92. The molecule has 0 aliphatic carbocycles. The second-order valence-corrected chi connectivity index (χ2v) is 5.15. The van der Waals surface area contributed by atoms with E-state index in [1.54, 1.807) is 11.3 Å². The third-order valence-electron chi connectivity index (χ3n) is 2.12. The summed E-state index contributed by atoms with van der Waals surface area (Å²) in [4.78, 5) is 11.9. The molecule has 1 nitrogen and oxygen atoms in total. The third-order valence-corrected chi connectivity index (χ3v) is 3.79. The first kappa shape index (κ1) is 10.8. The van der Waals surface area contributed by atoms with Crippen LogP contribution >= 0.6 is 33.9 Å². The van der Waals surface area contributed by atoms with Crippen LogP contribution in [-0.2, 0) is 6.42 Å². The topological polar surface area (TPSA) is 17.1 Å². The van der Waals surface area contributed by atoms with E-state index in [0.717, 1.165) is 14.7 Å². The van der Waals surface area contributed by atoms with Gasteiger partial charge in [-0.3, -0.25) is 4.79 Å². The van der Waals surface area contributed by atoms with Crippen molar-refractivity contribution in [2.45, 2.75) is 6.42 Å². The Morgan fingerprint density at radius 3 is 2.73 bits per heavy atom. The molecule has 0 saturated carbocycles. The third kappa shape index (κ3) is 2.66. The largest absolute Gasteiger partial charge is 0.294 e. The summed E-state index contributed by atoms with van der Waals surface area (Å²) in [6, 6.07) is 9.70. The molecule has 1 aromatic heterocycles. The summed E-state index contributed by atoms with van der Waals surface area (Å²) in [7, 11) is 0. The summed E-state index contributed by atoms with van der Waals surface area (Å²) in [6.07, 6.45) is 0.503. The van der Waals surface area contributed by atoms with Crippen molar-refractivity contribution in [3.05, 3.63) is 55.8 Å². The Labute approximate surface area is 106 Å². The van der Waals surface area contributed by atoms with Crippen molar-refractivity contribution in [3.63, 3.8) is 0 Å². The van der Waals surface area contributed by atoms with E-state index in [1.165, 1.54) is 0 Å². The molecule has 0 spiro atoms. The van der Waals surface area contributed by atoms with Gasteiger partial charge in [0.1, 0.15) is 0 Å². The van der Waals surface area contributed by atoms with E-state index in [2.05, 4.69) is 22.6 Å². The minimum atomic E-state index is 0.193. The zero-order valence-corrected chi connectivity index (χ0v) is 10.9. The highest BCUT2D eigenvalue weighted by Crippen LogP contribution is 2.15. The van der Waals surface area contributed by atoms with Crippen LogP contribution in [-0.4, -0.2) is 5.78 Å². The Morgan fingerprint density at radius 2 is 2.07 bits per heavy atom. The van der Waals surface area contributed by atoms with E-state index in [-0.39, 0.29) is 5.78 Å². The summed E-state index contributed by atoms with van der Waals surface area (Å²) in [6.45, 7) is 0. The lowest BCUT2D eigenvalue weighted by atomic mass is 10.1. The molecule has 0 unspecified atom stereocenters. The van der Waals surface area contributed by atoms with Crippen molar-refractivity contribution >= 4 is 39.7 Å². The van der Waals surface area contributed by atoms with E-state index in [9.17, 15) is 4.79 Å². The van der Waals surface area contributed by atoms with Gasteiger partial charge in [-0.15, -0.1) is 0 Å². The van der Waals surface area contributed by atoms with Gasteiger partial charge in [0.25, 0.3) is 0 Å². The molecule has 2 rings (SSSR count). The Hall–Kier alpha value is -0.680. The number of rotatable bonds is 3. The predicted octanol–water partition coefficient (Wildman–Crippen LogP) is 3.78. The van der Waals surface area contributed by atoms with E-state index in [4.69, 9.17) is 0 Å². The van der Waals surface area contributed by atoms with Gasteiger partial charge in [-0.1, -0.05) is 18.2 Å². The molecule has 0 amide bonds. The maximum atomic E-state index is 11.9. The van der Waals surface area contributed by atoms with Crippen molar-refractivity contribution in [1.82, 2.24) is 0 Å². The summed E-state index contributed by atoms with van der Waals surface area (Å²) in [5, 5.41) is 4.02. The molecular weight excluding hydrogens is 319 g/mol. The summed E-state index contributed by atoms with van der Waals surface area (Å²) in [5.74, 6) is 0.193. The van der Waals surface area contributed by atoms with Crippen molar-refractivity contribution in [1.29, 1.82) is 0 Å². The number of halogens is 1. The SMILES string of the molecule is O=C(Cc1ccsc1)c1ccccc1I. The fourth-order valence-corrected chi connectivity index (χ4v) is 2.72. The molecule has 0 aliphatic heterocycles. The zero-order chi connectivity index (χ0) is 10.7. The van der Waals surface area contributed by atoms with E-state index >= 15 is 0 Å². The molecule has 0 saturated heterocycles. The number of hydrogen-bond donors (Lipinski definition) is 0. The average molecular weight is 328 g/mol. The van der Waals surface area contributed by atoms with Crippen LogP contribution in [0.2, 0.25) is 0 Å². The van der Waals surface area contributed by atoms with Gasteiger partial charge < -0.3 is 0 Å². The number of Topliss-reactive ketones (excluding diaryl/α,β-unsaturated/α-hetero) is 1. The zero-order valence-electron chi connectivity index (χ0n) is 7.94. The van der Waals surface area contributed by atoms with Crippen LogP contribution in [0.15, 0.2) is 41.1 Å². The van der Waals surface area contributed by atoms with Crippen LogP contribution in [0, 0.1) is 3.57 Å². The molecule has 0 radical (unpaired) electrons. The van der Waals surface area contributed by atoms with Gasteiger partial charge in [-0.2, -0.15) is 11.3 Å². The molecule has 0 fully saturated rings. The molecule has 0 atom stereocenters. The molecule has 0 N–H and O–H groups in total. The lowest BCUT2D eigenvalue weighted by Gasteiger charge is -2.01. The molecule has 3 heteroatoms. The van der Waals surface area contributed by atoms with Crippen LogP contribution in [0.4, 0.5) is 0 Å². The number of thiophene rings is 1. The van der Waals surface area contributed by atoms with Gasteiger partial charge in [0, 0.05) is 15.6 Å². The molecule has 15 heavy (non-hydrogen) atoms. The maximum Gasteiger partial charge on any atom is 0.168 e. The number of carbonyl (C=O) groups excluding carboxylic acids is 1. The Morgan fingerprint density at radius 1 is 1.27 bits per heavy atom. The monoisotopic (exact) mass is 328 g/mol. The molecule has 1 heterocycles. The Kier molecular flexibility index (Phi) is 3.53. The van der Waals surface area contributed by atoms with Crippen LogP contribution in [0.5, 0.6) is 0 Å². The van der Waals surface area contributed by atoms with Crippen molar-refractivity contribution in [2.24, 2.45) is 0 Å². The summed E-state index contributed by atoms with van der Waals surface area (Å²) < 4.78 is 1.02. The molecule has 76 valence electrons. The Balaban J connectivity index is 2.19. The highest BCUT2D eigenvalue weighted by molar-refractivity contribution is 14.1. The summed E-state index contributed by atoms with van der Waals surface area (Å²) >= 11 is 3.83. The van der Waals surface area contributed by atoms with Gasteiger partial charge >= 0.3 is 0 Å². The first-order valence-corrected chi connectivity index (χ1v) is 6.58. The van der Waals surface area contributed by atoms with Crippen molar-refractivity contribution in [2.75, 3.05) is 0 Å². The standard InChI is InChI=1S/C12H9IOS/c13-11-4-2-1-3-10(11)12(14)7-9-5-6-15-8-9/h1-6,8H,7H2. The lowest BCUT2D eigenvalue weighted by molar-refractivity contribution is 0.0992. The first-order chi connectivity index (χ1) is 7.27. The Bertz CT molecular complexity index is 462. The van der Waals surface area contributed by atoms with Gasteiger partial charge in [0.05, 0.1) is 0 Å². The molecule has 0 aliphatic rings. The minimum Gasteiger partial charge on any atom is -0.294 e. The van der Waals surface area contributed by atoms with Crippen LogP contribution < -0.4 is 0 Å². The van der Waals surface area contributed by atoms with Gasteiger partial charge in [0.15, 0.2) is 5.78 Å². The highest BCUT2D eigenvalue weighted by Gasteiger charge is 2.09. The highest BCUT2D eigenvalue weighted by atomic mass is 127. The van der Waals surface area contributed by atoms with Crippen LogP contribution in [0.25, 0.3) is 0 Å². The predicted molar refractivity (Wildman–Crippen MR) is 71.5 cm³/mol. The number of carbonyl (C=O) groups is 1. The molecule has 1 aromatic carbocycles. The van der Waals surface area contributed by atoms with E-state index in [0.29, 0.717) is 6.42 Å².